The molecule has 0 N–H and O–H groups in total. The lowest BCUT2D eigenvalue weighted by Crippen LogP contribution is -1.92. The predicted molar refractivity (Wildman–Crippen MR) is 77.0 cm³/mol. The zero-order valence-corrected chi connectivity index (χ0v) is 11.8. The van der Waals surface area contributed by atoms with E-state index >= 15 is 0 Å². The fourth-order valence-corrected chi connectivity index (χ4v) is 2.15. The molecule has 0 unspecified atom stereocenters. The summed E-state index contributed by atoms with van der Waals surface area (Å²) in [6, 6.07) is 11.6. The molecule has 0 bridgehead atoms. The fraction of sp³-hybridized carbons (Fsp3) is 0.200. The zero-order chi connectivity index (χ0) is 13.1. The van der Waals surface area contributed by atoms with Gasteiger partial charge in [0.1, 0.15) is 11.5 Å². The average molecular weight is 281 g/mol. The summed E-state index contributed by atoms with van der Waals surface area (Å²) in [7, 11) is 0. The van der Waals surface area contributed by atoms with Crippen molar-refractivity contribution in [1.29, 1.82) is 0 Å². The zero-order valence-electron chi connectivity index (χ0n) is 10.3. The largest absolute Gasteiger partial charge is 0.457 e. The van der Waals surface area contributed by atoms with Crippen LogP contribution in [0.5, 0.6) is 11.5 Å². The molecule has 0 saturated carbocycles. The first-order chi connectivity index (χ1) is 8.60. The number of aryl methyl sites for hydroxylation is 2. The van der Waals surface area contributed by atoms with E-state index in [4.69, 9.17) is 27.9 Å². The van der Waals surface area contributed by atoms with Crippen LogP contribution in [0.3, 0.4) is 0 Å². The topological polar surface area (TPSA) is 9.23 Å². The maximum Gasteiger partial charge on any atom is 0.133 e. The highest BCUT2D eigenvalue weighted by Gasteiger charge is 2.07. The van der Waals surface area contributed by atoms with Crippen LogP contribution in [-0.4, -0.2) is 0 Å². The van der Waals surface area contributed by atoms with Crippen LogP contribution in [0.1, 0.15) is 16.7 Å². The lowest BCUT2D eigenvalue weighted by atomic mass is 10.1. The average Bonchev–Trinajstić information content (AvgIpc) is 2.33. The standard InChI is InChI=1S/C15H14Cl2O/c1-10-3-6-14(11(2)7-10)18-15-8-13(17)5-4-12(15)9-16/h3-8H,9H2,1-2H3. The minimum Gasteiger partial charge on any atom is -0.457 e. The van der Waals surface area contributed by atoms with E-state index in [0.717, 1.165) is 16.9 Å². The van der Waals surface area contributed by atoms with Crippen molar-refractivity contribution in [3.63, 3.8) is 0 Å². The van der Waals surface area contributed by atoms with Crippen molar-refractivity contribution in [2.75, 3.05) is 0 Å². The molecular formula is C15H14Cl2O. The summed E-state index contributed by atoms with van der Waals surface area (Å²) < 4.78 is 5.90. The molecule has 18 heavy (non-hydrogen) atoms. The van der Waals surface area contributed by atoms with Gasteiger partial charge in [0.15, 0.2) is 0 Å². The molecule has 0 aliphatic heterocycles. The van der Waals surface area contributed by atoms with Gasteiger partial charge in [0, 0.05) is 10.6 Å². The van der Waals surface area contributed by atoms with Gasteiger partial charge in [-0.05, 0) is 37.6 Å². The van der Waals surface area contributed by atoms with Crippen molar-refractivity contribution in [3.8, 4) is 11.5 Å². The first-order valence-corrected chi connectivity index (χ1v) is 6.61. The molecule has 94 valence electrons. The molecule has 2 aromatic rings. The van der Waals surface area contributed by atoms with Gasteiger partial charge in [0.05, 0.1) is 5.88 Å². The van der Waals surface area contributed by atoms with E-state index in [0.29, 0.717) is 16.7 Å². The van der Waals surface area contributed by atoms with E-state index in [1.54, 1.807) is 6.07 Å². The Bertz CT molecular complexity index is 564. The number of halogens is 2. The number of hydrogen-bond acceptors (Lipinski definition) is 1. The van der Waals surface area contributed by atoms with Crippen LogP contribution in [-0.2, 0) is 5.88 Å². The molecule has 0 heterocycles. The Hall–Kier alpha value is -1.18. The second-order valence-electron chi connectivity index (χ2n) is 4.26. The Kier molecular flexibility index (Phi) is 4.15. The van der Waals surface area contributed by atoms with Crippen LogP contribution in [0.25, 0.3) is 0 Å². The minimum absolute atomic E-state index is 0.400. The molecule has 0 saturated heterocycles. The summed E-state index contributed by atoms with van der Waals surface area (Å²) in [5.41, 5.74) is 3.24. The van der Waals surface area contributed by atoms with Crippen molar-refractivity contribution in [2.24, 2.45) is 0 Å². The van der Waals surface area contributed by atoms with Gasteiger partial charge in [-0.2, -0.15) is 0 Å². The van der Waals surface area contributed by atoms with Crippen LogP contribution in [0.4, 0.5) is 0 Å². The highest BCUT2D eigenvalue weighted by atomic mass is 35.5. The minimum atomic E-state index is 0.400. The van der Waals surface area contributed by atoms with Gasteiger partial charge in [0.25, 0.3) is 0 Å². The fourth-order valence-electron chi connectivity index (χ4n) is 1.77. The third-order valence-electron chi connectivity index (χ3n) is 2.72. The molecular weight excluding hydrogens is 267 g/mol. The molecule has 0 spiro atoms. The van der Waals surface area contributed by atoms with Crippen molar-refractivity contribution in [3.05, 3.63) is 58.1 Å². The third-order valence-corrected chi connectivity index (χ3v) is 3.25. The summed E-state index contributed by atoms with van der Waals surface area (Å²) in [5.74, 6) is 1.94. The molecule has 2 rings (SSSR count). The second-order valence-corrected chi connectivity index (χ2v) is 4.96. The Morgan fingerprint density at radius 2 is 1.78 bits per heavy atom. The number of rotatable bonds is 3. The predicted octanol–water partition coefficient (Wildman–Crippen LogP) is 5.49. The van der Waals surface area contributed by atoms with E-state index in [2.05, 4.69) is 13.0 Å². The van der Waals surface area contributed by atoms with Crippen molar-refractivity contribution in [1.82, 2.24) is 0 Å². The molecule has 1 nitrogen and oxygen atoms in total. The van der Waals surface area contributed by atoms with Gasteiger partial charge >= 0.3 is 0 Å². The van der Waals surface area contributed by atoms with Crippen molar-refractivity contribution < 1.29 is 4.74 Å². The van der Waals surface area contributed by atoms with Gasteiger partial charge in [-0.15, -0.1) is 11.6 Å². The molecule has 0 fully saturated rings. The number of hydrogen-bond donors (Lipinski definition) is 0. The van der Waals surface area contributed by atoms with Gasteiger partial charge in [-0.25, -0.2) is 0 Å². The maximum absolute atomic E-state index is 5.98. The van der Waals surface area contributed by atoms with Gasteiger partial charge < -0.3 is 4.74 Å². The van der Waals surface area contributed by atoms with Crippen LogP contribution >= 0.6 is 23.2 Å². The molecule has 3 heteroatoms. The molecule has 0 aliphatic rings. The summed E-state index contributed by atoms with van der Waals surface area (Å²) in [6.45, 7) is 4.08. The second kappa shape index (κ2) is 5.64. The lowest BCUT2D eigenvalue weighted by Gasteiger charge is -2.12. The maximum atomic E-state index is 5.98. The third kappa shape index (κ3) is 2.98. The van der Waals surface area contributed by atoms with Gasteiger partial charge in [-0.3, -0.25) is 0 Å². The normalized spacial score (nSPS) is 10.4. The van der Waals surface area contributed by atoms with Crippen LogP contribution in [0, 0.1) is 13.8 Å². The van der Waals surface area contributed by atoms with Crippen LogP contribution in [0.2, 0.25) is 5.02 Å². The lowest BCUT2D eigenvalue weighted by molar-refractivity contribution is 0.474. The quantitative estimate of drug-likeness (QED) is 0.676. The Morgan fingerprint density at radius 1 is 1.00 bits per heavy atom. The Morgan fingerprint density at radius 3 is 2.44 bits per heavy atom. The van der Waals surface area contributed by atoms with Crippen LogP contribution in [0.15, 0.2) is 36.4 Å². The Balaban J connectivity index is 2.36. The molecule has 2 aromatic carbocycles. The smallest absolute Gasteiger partial charge is 0.133 e. The monoisotopic (exact) mass is 280 g/mol. The molecule has 0 amide bonds. The number of alkyl halides is 1. The molecule has 0 aromatic heterocycles. The van der Waals surface area contributed by atoms with E-state index in [9.17, 15) is 0 Å². The first-order valence-electron chi connectivity index (χ1n) is 5.69. The number of benzene rings is 2. The summed E-state index contributed by atoms with van der Waals surface area (Å²) in [6.07, 6.45) is 0. The highest BCUT2D eigenvalue weighted by Crippen LogP contribution is 2.31. The summed E-state index contributed by atoms with van der Waals surface area (Å²) >= 11 is 11.9. The first kappa shape index (κ1) is 13.3. The van der Waals surface area contributed by atoms with Crippen LogP contribution < -0.4 is 4.74 Å². The van der Waals surface area contributed by atoms with E-state index in [1.165, 1.54) is 5.56 Å². The molecule has 0 radical (unpaired) electrons. The molecule has 0 atom stereocenters. The highest BCUT2D eigenvalue weighted by molar-refractivity contribution is 6.30. The van der Waals surface area contributed by atoms with Crippen molar-refractivity contribution >= 4 is 23.2 Å². The van der Waals surface area contributed by atoms with Crippen molar-refractivity contribution in [2.45, 2.75) is 19.7 Å². The summed E-state index contributed by atoms with van der Waals surface area (Å²) in [5, 5.41) is 0.642. The van der Waals surface area contributed by atoms with E-state index in [-0.39, 0.29) is 0 Å². The van der Waals surface area contributed by atoms with Gasteiger partial charge in [0.2, 0.25) is 0 Å². The Labute approximate surface area is 117 Å². The van der Waals surface area contributed by atoms with Gasteiger partial charge in [-0.1, -0.05) is 35.4 Å². The number of ether oxygens (including phenoxy) is 1. The SMILES string of the molecule is Cc1ccc(Oc2cc(Cl)ccc2CCl)c(C)c1. The summed E-state index contributed by atoms with van der Waals surface area (Å²) in [4.78, 5) is 0. The van der Waals surface area contributed by atoms with E-state index in [1.807, 2.05) is 31.2 Å². The molecule has 0 aliphatic carbocycles. The van der Waals surface area contributed by atoms with E-state index < -0.39 is 0 Å².